The molecule has 78 valence electrons. The maximum absolute atomic E-state index is 4.07. The highest BCUT2D eigenvalue weighted by molar-refractivity contribution is 7.28. The Labute approximate surface area is 95.2 Å². The summed E-state index contributed by atoms with van der Waals surface area (Å²) in [6, 6.07) is 2.18. The Hall–Kier alpha value is -1.66. The lowest BCUT2D eigenvalue weighted by atomic mass is 10.1. The van der Waals surface area contributed by atoms with E-state index in [1.165, 1.54) is 26.6 Å². The van der Waals surface area contributed by atoms with Gasteiger partial charge in [0.05, 0.1) is 0 Å². The molecule has 2 aromatic rings. The summed E-state index contributed by atoms with van der Waals surface area (Å²) in [5, 5.41) is 0. The van der Waals surface area contributed by atoms with Gasteiger partial charge in [0.25, 0.3) is 0 Å². The smallest absolute Gasteiger partial charge is 0.115 e. The Bertz CT molecular complexity index is 680. The van der Waals surface area contributed by atoms with Gasteiger partial charge in [-0.15, -0.1) is 8.19 Å². The summed E-state index contributed by atoms with van der Waals surface area (Å²) >= 11 is 0. The average molecular weight is 226 g/mol. The van der Waals surface area contributed by atoms with Gasteiger partial charge in [-0.3, -0.25) is 0 Å². The molecule has 2 nitrogen and oxygen atoms in total. The fourth-order valence-corrected chi connectivity index (χ4v) is 3.23. The van der Waals surface area contributed by atoms with Crippen LogP contribution in [0.25, 0.3) is 17.7 Å². The summed E-state index contributed by atoms with van der Waals surface area (Å²) in [4.78, 5) is 10.8. The number of fused-ring (bicyclic) bond motifs is 1. The lowest BCUT2D eigenvalue weighted by Gasteiger charge is -2.00. The first kappa shape index (κ1) is 9.56. The van der Waals surface area contributed by atoms with Gasteiger partial charge in [0.1, 0.15) is 6.33 Å². The molecule has 0 fully saturated rings. The molecule has 3 rings (SSSR count). The third-order valence-corrected chi connectivity index (χ3v) is 4.17. The summed E-state index contributed by atoms with van der Waals surface area (Å²) in [7, 11) is 0.727. The third-order valence-electron chi connectivity index (χ3n) is 2.79. The highest BCUT2D eigenvalue weighted by atomic mass is 31.0. The van der Waals surface area contributed by atoms with Crippen molar-refractivity contribution in [3.63, 3.8) is 0 Å². The predicted octanol–water partition coefficient (Wildman–Crippen LogP) is 1.53. The van der Waals surface area contributed by atoms with E-state index in [1.54, 1.807) is 6.33 Å². The molecule has 0 aromatic carbocycles. The third kappa shape index (κ3) is 1.35. The molecule has 16 heavy (non-hydrogen) atoms. The van der Waals surface area contributed by atoms with Crippen molar-refractivity contribution in [3.05, 3.63) is 51.9 Å². The largest absolute Gasteiger partial charge is 0.244 e. The normalized spacial score (nSPS) is 14.3. The number of rotatable bonds is 1. The summed E-state index contributed by atoms with van der Waals surface area (Å²) < 4.78 is 0. The molecule has 2 heterocycles. The molecule has 0 amide bonds. The molecular weight excluding hydrogens is 215 g/mol. The van der Waals surface area contributed by atoms with E-state index in [0.717, 1.165) is 13.8 Å². The Kier molecular flexibility index (Phi) is 2.05. The number of hydrogen-bond acceptors (Lipinski definition) is 2. The van der Waals surface area contributed by atoms with Crippen LogP contribution in [0.5, 0.6) is 0 Å². The molecule has 0 N–H and O–H groups in total. The first-order valence-corrected chi connectivity index (χ1v) is 6.12. The number of nitrogens with zero attached hydrogens (tertiary/aromatic N) is 2. The average Bonchev–Trinajstić information content (AvgIpc) is 2.80. The molecule has 0 aliphatic heterocycles. The van der Waals surface area contributed by atoms with Gasteiger partial charge < -0.3 is 0 Å². The zero-order chi connectivity index (χ0) is 11.1. The fourth-order valence-electron chi connectivity index (χ4n) is 2.08. The molecule has 1 unspecified atom stereocenters. The highest BCUT2D eigenvalue weighted by Crippen LogP contribution is 2.27. The van der Waals surface area contributed by atoms with Crippen LogP contribution in [0, 0.1) is 0 Å². The van der Waals surface area contributed by atoms with Crippen LogP contribution in [0.2, 0.25) is 0 Å². The van der Waals surface area contributed by atoms with Crippen LogP contribution < -0.4 is 9.90 Å². The molecule has 0 saturated heterocycles. The molecule has 1 atom stereocenters. The van der Waals surface area contributed by atoms with E-state index in [4.69, 9.17) is 0 Å². The molecule has 0 bridgehead atoms. The minimum atomic E-state index is 0.727. The van der Waals surface area contributed by atoms with Crippen molar-refractivity contribution in [2.45, 2.75) is 6.92 Å². The van der Waals surface area contributed by atoms with Gasteiger partial charge in [0.15, 0.2) is 0 Å². The van der Waals surface area contributed by atoms with E-state index in [1.807, 2.05) is 12.4 Å². The van der Waals surface area contributed by atoms with Crippen molar-refractivity contribution < 1.29 is 0 Å². The second-order valence-corrected chi connectivity index (χ2v) is 5.34. The number of hydrogen-bond donors (Lipinski definition) is 0. The minimum Gasteiger partial charge on any atom is -0.244 e. The Morgan fingerprint density at radius 1 is 1.25 bits per heavy atom. The first-order valence-electron chi connectivity index (χ1n) is 5.12. The molecule has 0 spiro atoms. The van der Waals surface area contributed by atoms with Crippen molar-refractivity contribution in [1.82, 2.24) is 9.97 Å². The van der Waals surface area contributed by atoms with Crippen molar-refractivity contribution in [1.29, 1.82) is 0 Å². The maximum Gasteiger partial charge on any atom is 0.115 e. The van der Waals surface area contributed by atoms with E-state index in [9.17, 15) is 0 Å². The summed E-state index contributed by atoms with van der Waals surface area (Å²) in [5.41, 5.74) is 4.99. The molecule has 2 aromatic heterocycles. The van der Waals surface area contributed by atoms with E-state index < -0.39 is 0 Å². The Morgan fingerprint density at radius 3 is 2.75 bits per heavy atom. The van der Waals surface area contributed by atoms with Gasteiger partial charge in [-0.25, -0.2) is 9.97 Å². The van der Waals surface area contributed by atoms with Gasteiger partial charge in [-0.2, -0.15) is 0 Å². The summed E-state index contributed by atoms with van der Waals surface area (Å²) in [5.74, 6) is 0. The van der Waals surface area contributed by atoms with Gasteiger partial charge in [-0.1, -0.05) is 6.58 Å². The monoisotopic (exact) mass is 226 g/mol. The van der Waals surface area contributed by atoms with Crippen LogP contribution in [-0.4, -0.2) is 9.97 Å². The molecular formula is C13H11N2P. The molecule has 3 heteroatoms. The number of allylic oxidation sites excluding steroid dienone is 1. The standard InChI is InChI=1S/C13H11N2P/c1-8-3-11(10-5-14-7-15-6-10)12-4-9(2)16-13(8)12/h3-7,16H,2H2,1H3. The van der Waals surface area contributed by atoms with Gasteiger partial charge >= 0.3 is 0 Å². The zero-order valence-electron chi connectivity index (χ0n) is 8.99. The number of aromatic nitrogens is 2. The second-order valence-electron chi connectivity index (χ2n) is 3.95. The summed E-state index contributed by atoms with van der Waals surface area (Å²) in [6.45, 7) is 6.20. The lowest BCUT2D eigenvalue weighted by Crippen LogP contribution is -1.96. The Morgan fingerprint density at radius 2 is 2.00 bits per heavy atom. The Balaban J connectivity index is 2.23. The lowest BCUT2D eigenvalue weighted by molar-refractivity contribution is 1.15. The molecule has 0 saturated carbocycles. The maximum atomic E-state index is 4.07. The topological polar surface area (TPSA) is 25.8 Å². The fraction of sp³-hybridized carbons (Fsp3) is 0.0769. The molecule has 0 radical (unpaired) electrons. The predicted molar refractivity (Wildman–Crippen MR) is 68.9 cm³/mol. The summed E-state index contributed by atoms with van der Waals surface area (Å²) in [6.07, 6.45) is 7.50. The minimum absolute atomic E-state index is 0.727. The van der Waals surface area contributed by atoms with Crippen LogP contribution in [0.3, 0.4) is 0 Å². The zero-order valence-corrected chi connectivity index (χ0v) is 9.99. The van der Waals surface area contributed by atoms with Crippen molar-refractivity contribution in [3.8, 4) is 0 Å². The van der Waals surface area contributed by atoms with Crippen LogP contribution in [0.15, 0.2) is 30.9 Å². The molecule has 1 aliphatic carbocycles. The highest BCUT2D eigenvalue weighted by Gasteiger charge is 2.14. The second kappa shape index (κ2) is 3.43. The van der Waals surface area contributed by atoms with Crippen LogP contribution in [0.4, 0.5) is 0 Å². The van der Waals surface area contributed by atoms with E-state index in [-0.39, 0.29) is 0 Å². The van der Waals surface area contributed by atoms with E-state index in [2.05, 4.69) is 35.6 Å². The van der Waals surface area contributed by atoms with Crippen molar-refractivity contribution in [2.75, 3.05) is 0 Å². The van der Waals surface area contributed by atoms with Gasteiger partial charge in [0.2, 0.25) is 0 Å². The quantitative estimate of drug-likeness (QED) is 0.737. The first-order chi connectivity index (χ1) is 7.75. The van der Waals surface area contributed by atoms with Crippen LogP contribution in [-0.2, 0) is 0 Å². The van der Waals surface area contributed by atoms with E-state index >= 15 is 0 Å². The van der Waals surface area contributed by atoms with Gasteiger partial charge in [0, 0.05) is 22.9 Å². The van der Waals surface area contributed by atoms with Crippen LogP contribution >= 0.6 is 8.19 Å². The van der Waals surface area contributed by atoms with Crippen molar-refractivity contribution in [2.24, 2.45) is 0 Å². The van der Waals surface area contributed by atoms with E-state index in [0.29, 0.717) is 0 Å². The SMILES string of the molecule is C=c1cc2c([pH]1)=C(C)C=C2c1cncnc1. The van der Waals surface area contributed by atoms with Gasteiger partial charge in [-0.05, 0) is 40.7 Å². The molecule has 1 aliphatic rings. The van der Waals surface area contributed by atoms with Crippen molar-refractivity contribution >= 4 is 25.9 Å². The van der Waals surface area contributed by atoms with Crippen LogP contribution in [0.1, 0.15) is 18.1 Å².